The van der Waals surface area contributed by atoms with Crippen LogP contribution >= 0.6 is 11.8 Å². The summed E-state index contributed by atoms with van der Waals surface area (Å²) in [6, 6.07) is 3.95. The molecule has 98 valence electrons. The first kappa shape index (κ1) is 12.2. The second kappa shape index (κ2) is 4.09. The van der Waals surface area contributed by atoms with Gasteiger partial charge in [-0.15, -0.1) is 10.2 Å². The van der Waals surface area contributed by atoms with Crippen LogP contribution in [0.5, 0.6) is 0 Å². The van der Waals surface area contributed by atoms with Crippen LogP contribution < -0.4 is 0 Å². The minimum atomic E-state index is -4.42. The fourth-order valence-corrected chi connectivity index (χ4v) is 2.21. The van der Waals surface area contributed by atoms with Gasteiger partial charge in [-0.25, -0.2) is 4.98 Å². The van der Waals surface area contributed by atoms with Crippen LogP contribution in [0.1, 0.15) is 5.56 Å². The van der Waals surface area contributed by atoms with Crippen molar-refractivity contribution in [2.24, 2.45) is 0 Å². The van der Waals surface area contributed by atoms with Gasteiger partial charge in [-0.1, -0.05) is 23.9 Å². The number of hydrogen-bond donors (Lipinski definition) is 1. The first-order valence-corrected chi connectivity index (χ1v) is 6.49. The van der Waals surface area contributed by atoms with Crippen LogP contribution in [0.15, 0.2) is 23.4 Å². The van der Waals surface area contributed by atoms with E-state index in [1.807, 2.05) is 0 Å². The average molecular weight is 284 g/mol. The van der Waals surface area contributed by atoms with E-state index >= 15 is 0 Å². The molecule has 0 aliphatic heterocycles. The van der Waals surface area contributed by atoms with Crippen LogP contribution in [0, 0.1) is 0 Å². The average Bonchev–Trinajstić information content (AvgIpc) is 2.74. The third-order valence-corrected chi connectivity index (χ3v) is 3.26. The number of H-pyrrole nitrogens is 1. The molecule has 3 rings (SSSR count). The number of fused-ring (bicyclic) bond motifs is 3. The lowest BCUT2D eigenvalue weighted by Crippen LogP contribution is -2.05. The van der Waals surface area contributed by atoms with Gasteiger partial charge in [0.05, 0.1) is 11.1 Å². The molecule has 0 aliphatic carbocycles. The molecule has 0 atom stereocenters. The van der Waals surface area contributed by atoms with E-state index in [-0.39, 0.29) is 5.52 Å². The highest BCUT2D eigenvalue weighted by Gasteiger charge is 2.33. The van der Waals surface area contributed by atoms with Gasteiger partial charge < -0.3 is 4.98 Å². The molecule has 0 amide bonds. The van der Waals surface area contributed by atoms with Crippen molar-refractivity contribution in [2.45, 2.75) is 11.3 Å². The van der Waals surface area contributed by atoms with Crippen molar-refractivity contribution in [2.75, 3.05) is 6.26 Å². The van der Waals surface area contributed by atoms with E-state index in [9.17, 15) is 13.2 Å². The van der Waals surface area contributed by atoms with Crippen molar-refractivity contribution >= 4 is 33.8 Å². The number of alkyl halides is 3. The second-order valence-electron chi connectivity index (χ2n) is 3.85. The number of aromatic nitrogens is 4. The summed E-state index contributed by atoms with van der Waals surface area (Å²) in [5.41, 5.74) is -0.0782. The predicted molar refractivity (Wildman–Crippen MR) is 66.0 cm³/mol. The summed E-state index contributed by atoms with van der Waals surface area (Å²) >= 11 is 1.28. The Bertz CT molecular complexity index is 766. The maximum atomic E-state index is 12.9. The van der Waals surface area contributed by atoms with Crippen LogP contribution in [0.2, 0.25) is 0 Å². The highest BCUT2D eigenvalue weighted by atomic mass is 32.2. The zero-order valence-electron chi connectivity index (χ0n) is 9.62. The molecule has 1 N–H and O–H groups in total. The Balaban J connectivity index is 2.39. The van der Waals surface area contributed by atoms with E-state index in [1.165, 1.54) is 17.8 Å². The molecule has 19 heavy (non-hydrogen) atoms. The molecule has 2 aromatic heterocycles. The number of hydrogen-bond acceptors (Lipinski definition) is 4. The van der Waals surface area contributed by atoms with Crippen LogP contribution in [0.4, 0.5) is 13.2 Å². The van der Waals surface area contributed by atoms with Crippen molar-refractivity contribution < 1.29 is 13.2 Å². The van der Waals surface area contributed by atoms with Crippen molar-refractivity contribution in [3.63, 3.8) is 0 Å². The SMILES string of the molecule is CSc1nnc2c(n1)[nH]c1c(C(F)(F)F)cccc12. The van der Waals surface area contributed by atoms with E-state index in [1.54, 1.807) is 12.3 Å². The fraction of sp³-hybridized carbons (Fsp3) is 0.182. The van der Waals surface area contributed by atoms with E-state index in [0.29, 0.717) is 21.7 Å². The second-order valence-corrected chi connectivity index (χ2v) is 4.62. The highest BCUT2D eigenvalue weighted by Crippen LogP contribution is 2.36. The Morgan fingerprint density at radius 3 is 2.68 bits per heavy atom. The van der Waals surface area contributed by atoms with Gasteiger partial charge >= 0.3 is 6.18 Å². The van der Waals surface area contributed by atoms with E-state index in [4.69, 9.17) is 0 Å². The standard InChI is InChI=1S/C11H7F3N4S/c1-19-10-16-9-8(17-18-10)5-3-2-4-6(7(5)15-9)11(12,13)14/h2-4H,1H3,(H,15,16,18). The van der Waals surface area contributed by atoms with Crippen molar-refractivity contribution in [1.82, 2.24) is 20.2 Å². The Labute approximate surface area is 109 Å². The maximum Gasteiger partial charge on any atom is 0.418 e. The first-order chi connectivity index (χ1) is 9.00. The number of nitrogens with one attached hydrogen (secondary N) is 1. The lowest BCUT2D eigenvalue weighted by Gasteiger charge is -2.06. The molecule has 4 nitrogen and oxygen atoms in total. The van der Waals surface area contributed by atoms with Crippen LogP contribution in [-0.4, -0.2) is 26.4 Å². The van der Waals surface area contributed by atoms with Gasteiger partial charge in [0.2, 0.25) is 5.16 Å². The zero-order valence-corrected chi connectivity index (χ0v) is 10.4. The summed E-state index contributed by atoms with van der Waals surface area (Å²) in [6.07, 6.45) is -2.65. The third-order valence-electron chi connectivity index (χ3n) is 2.72. The molecule has 0 spiro atoms. The quantitative estimate of drug-likeness (QED) is 0.697. The summed E-state index contributed by atoms with van der Waals surface area (Å²) in [5.74, 6) is 0. The smallest absolute Gasteiger partial charge is 0.337 e. The summed E-state index contributed by atoms with van der Waals surface area (Å²) < 4.78 is 38.7. The van der Waals surface area contributed by atoms with Gasteiger partial charge in [-0.05, 0) is 12.3 Å². The molecule has 2 heterocycles. The monoisotopic (exact) mass is 284 g/mol. The summed E-state index contributed by atoms with van der Waals surface area (Å²) in [5, 5.41) is 8.55. The molecule has 3 aromatic rings. The first-order valence-electron chi connectivity index (χ1n) is 5.27. The van der Waals surface area contributed by atoms with Crippen LogP contribution in [0.25, 0.3) is 22.1 Å². The minimum Gasteiger partial charge on any atom is -0.337 e. The molecule has 0 unspecified atom stereocenters. The van der Waals surface area contributed by atoms with E-state index < -0.39 is 11.7 Å². The fourth-order valence-electron chi connectivity index (χ4n) is 1.91. The number of benzene rings is 1. The van der Waals surface area contributed by atoms with Crippen molar-refractivity contribution in [3.05, 3.63) is 23.8 Å². The van der Waals surface area contributed by atoms with E-state index in [0.717, 1.165) is 6.07 Å². The van der Waals surface area contributed by atoms with Gasteiger partial charge in [0, 0.05) is 5.39 Å². The zero-order chi connectivity index (χ0) is 13.6. The Hall–Kier alpha value is -1.83. The summed E-state index contributed by atoms with van der Waals surface area (Å²) in [6.45, 7) is 0. The lowest BCUT2D eigenvalue weighted by molar-refractivity contribution is -0.136. The predicted octanol–water partition coefficient (Wildman–Crippen LogP) is 3.25. The maximum absolute atomic E-state index is 12.9. The van der Waals surface area contributed by atoms with Crippen molar-refractivity contribution in [3.8, 4) is 0 Å². The number of thioether (sulfide) groups is 1. The Morgan fingerprint density at radius 1 is 1.21 bits per heavy atom. The molecule has 0 saturated carbocycles. The summed E-state index contributed by atoms with van der Waals surface area (Å²) in [4.78, 5) is 6.80. The van der Waals surface area contributed by atoms with Gasteiger partial charge in [-0.2, -0.15) is 13.2 Å². The molecular formula is C11H7F3N4S. The van der Waals surface area contributed by atoms with Crippen LogP contribution in [-0.2, 0) is 6.18 Å². The summed E-state index contributed by atoms with van der Waals surface area (Å²) in [7, 11) is 0. The molecule has 0 radical (unpaired) electrons. The van der Waals surface area contributed by atoms with Gasteiger partial charge in [0.1, 0.15) is 5.52 Å². The van der Waals surface area contributed by atoms with Gasteiger partial charge in [-0.3, -0.25) is 0 Å². The minimum absolute atomic E-state index is 0.00921. The van der Waals surface area contributed by atoms with Gasteiger partial charge in [0.15, 0.2) is 5.65 Å². The van der Waals surface area contributed by atoms with Crippen molar-refractivity contribution in [1.29, 1.82) is 0 Å². The molecule has 0 aliphatic rings. The van der Waals surface area contributed by atoms with Gasteiger partial charge in [0.25, 0.3) is 0 Å². The molecule has 0 bridgehead atoms. The molecule has 0 saturated heterocycles. The molecule has 0 fully saturated rings. The Morgan fingerprint density at radius 2 is 2.00 bits per heavy atom. The Kier molecular flexibility index (Phi) is 2.63. The third kappa shape index (κ3) is 1.92. The van der Waals surface area contributed by atoms with Crippen LogP contribution in [0.3, 0.4) is 0 Å². The molecule has 1 aromatic carbocycles. The number of para-hydroxylation sites is 1. The topological polar surface area (TPSA) is 54.5 Å². The normalized spacial score (nSPS) is 12.4. The largest absolute Gasteiger partial charge is 0.418 e. The lowest BCUT2D eigenvalue weighted by atomic mass is 10.1. The number of aromatic amines is 1. The highest BCUT2D eigenvalue weighted by molar-refractivity contribution is 7.98. The van der Waals surface area contributed by atoms with E-state index in [2.05, 4.69) is 20.2 Å². The molecular weight excluding hydrogens is 277 g/mol. The molecule has 8 heteroatoms. The number of nitrogens with zero attached hydrogens (tertiary/aromatic N) is 3. The number of rotatable bonds is 1. The number of halogens is 3.